The van der Waals surface area contributed by atoms with E-state index >= 15 is 0 Å². The first-order valence-electron chi connectivity index (χ1n) is 9.20. The molecular formula is C20H24N4O2. The van der Waals surface area contributed by atoms with Gasteiger partial charge >= 0.3 is 0 Å². The van der Waals surface area contributed by atoms with Crippen molar-refractivity contribution in [1.29, 1.82) is 0 Å². The number of nitrogens with one attached hydrogen (secondary N) is 2. The van der Waals surface area contributed by atoms with E-state index in [1.54, 1.807) is 0 Å². The normalized spacial score (nSPS) is 18.1. The number of likely N-dealkylation sites (tertiary alicyclic amines) is 1. The lowest BCUT2D eigenvalue weighted by molar-refractivity contribution is -0.135. The summed E-state index contributed by atoms with van der Waals surface area (Å²) < 4.78 is 0. The van der Waals surface area contributed by atoms with Crippen LogP contribution in [0.2, 0.25) is 0 Å². The van der Waals surface area contributed by atoms with Gasteiger partial charge in [0.2, 0.25) is 11.8 Å². The summed E-state index contributed by atoms with van der Waals surface area (Å²) >= 11 is 0. The van der Waals surface area contributed by atoms with E-state index in [0.29, 0.717) is 38.8 Å². The van der Waals surface area contributed by atoms with E-state index in [-0.39, 0.29) is 11.8 Å². The number of carbonyl (C=O) groups excluding carboxylic acids is 2. The van der Waals surface area contributed by atoms with Crippen LogP contribution in [0.5, 0.6) is 0 Å². The summed E-state index contributed by atoms with van der Waals surface area (Å²) in [7, 11) is 0. The first kappa shape index (κ1) is 16.8. The SMILES string of the molecule is Cc1[nH]nc(CCC(=O)N2CCC3(CC2)C(=O)Nc2ccccc23)c1C. The maximum atomic E-state index is 12.6. The predicted octanol–water partition coefficient (Wildman–Crippen LogP) is 2.47. The van der Waals surface area contributed by atoms with Gasteiger partial charge in [-0.05, 0) is 43.9 Å². The quantitative estimate of drug-likeness (QED) is 0.891. The van der Waals surface area contributed by atoms with Crippen LogP contribution >= 0.6 is 0 Å². The van der Waals surface area contributed by atoms with E-state index in [1.165, 1.54) is 0 Å². The molecule has 1 fully saturated rings. The van der Waals surface area contributed by atoms with Gasteiger partial charge in [-0.1, -0.05) is 18.2 Å². The number of aromatic amines is 1. The minimum atomic E-state index is -0.469. The van der Waals surface area contributed by atoms with Crippen molar-refractivity contribution >= 4 is 17.5 Å². The summed E-state index contributed by atoms with van der Waals surface area (Å²) in [6.07, 6.45) is 2.48. The van der Waals surface area contributed by atoms with Crippen LogP contribution < -0.4 is 5.32 Å². The summed E-state index contributed by atoms with van der Waals surface area (Å²) in [5, 5.41) is 10.2. The molecule has 1 aromatic carbocycles. The predicted molar refractivity (Wildman–Crippen MR) is 98.9 cm³/mol. The maximum absolute atomic E-state index is 12.6. The summed E-state index contributed by atoms with van der Waals surface area (Å²) in [5.41, 5.74) is 4.69. The van der Waals surface area contributed by atoms with Gasteiger partial charge in [0.05, 0.1) is 11.1 Å². The third-order valence-corrected chi connectivity index (χ3v) is 6.02. The van der Waals surface area contributed by atoms with E-state index in [9.17, 15) is 9.59 Å². The number of carbonyl (C=O) groups is 2. The smallest absolute Gasteiger partial charge is 0.235 e. The number of aromatic nitrogens is 2. The molecule has 136 valence electrons. The maximum Gasteiger partial charge on any atom is 0.235 e. The minimum Gasteiger partial charge on any atom is -0.343 e. The summed E-state index contributed by atoms with van der Waals surface area (Å²) in [4.78, 5) is 27.1. The Morgan fingerprint density at radius 1 is 1.23 bits per heavy atom. The lowest BCUT2D eigenvalue weighted by atomic mass is 9.73. The molecule has 1 aromatic heterocycles. The van der Waals surface area contributed by atoms with E-state index in [2.05, 4.69) is 15.5 Å². The average Bonchev–Trinajstić information content (AvgIpc) is 3.12. The number of amides is 2. The van der Waals surface area contributed by atoms with E-state index in [4.69, 9.17) is 0 Å². The van der Waals surface area contributed by atoms with Crippen LogP contribution in [0, 0.1) is 13.8 Å². The summed E-state index contributed by atoms with van der Waals surface area (Å²) in [6, 6.07) is 7.91. The Morgan fingerprint density at radius 2 is 1.96 bits per heavy atom. The van der Waals surface area contributed by atoms with Crippen molar-refractivity contribution < 1.29 is 9.59 Å². The number of anilines is 1. The molecule has 2 aliphatic heterocycles. The van der Waals surface area contributed by atoms with Gasteiger partial charge in [-0.2, -0.15) is 5.10 Å². The third kappa shape index (κ3) is 2.60. The zero-order chi connectivity index (χ0) is 18.3. The number of aryl methyl sites for hydroxylation is 2. The Bertz CT molecular complexity index is 862. The number of nitrogens with zero attached hydrogens (tertiary/aromatic N) is 2. The molecule has 1 saturated heterocycles. The molecule has 0 atom stereocenters. The fourth-order valence-corrected chi connectivity index (χ4v) is 4.17. The van der Waals surface area contributed by atoms with Crippen LogP contribution in [0.3, 0.4) is 0 Å². The molecule has 2 N–H and O–H groups in total. The molecule has 2 aromatic rings. The van der Waals surface area contributed by atoms with E-state index in [0.717, 1.165) is 28.2 Å². The van der Waals surface area contributed by atoms with Gasteiger partial charge in [0.1, 0.15) is 0 Å². The number of benzene rings is 1. The molecule has 0 saturated carbocycles. The minimum absolute atomic E-state index is 0.0772. The number of fused-ring (bicyclic) bond motifs is 2. The van der Waals surface area contributed by atoms with Crippen LogP contribution in [0.25, 0.3) is 0 Å². The second-order valence-electron chi connectivity index (χ2n) is 7.38. The zero-order valence-corrected chi connectivity index (χ0v) is 15.3. The van der Waals surface area contributed by atoms with Crippen LogP contribution in [-0.4, -0.2) is 40.0 Å². The molecule has 6 nitrogen and oxygen atoms in total. The lowest BCUT2D eigenvalue weighted by Gasteiger charge is -2.38. The van der Waals surface area contributed by atoms with Gasteiger partial charge in [0.25, 0.3) is 0 Å². The first-order chi connectivity index (χ1) is 12.5. The largest absolute Gasteiger partial charge is 0.343 e. The molecule has 0 unspecified atom stereocenters. The van der Waals surface area contributed by atoms with Gasteiger partial charge in [-0.3, -0.25) is 14.7 Å². The fourth-order valence-electron chi connectivity index (χ4n) is 4.17. The molecule has 2 aliphatic rings. The van der Waals surface area contributed by atoms with Crippen molar-refractivity contribution in [2.75, 3.05) is 18.4 Å². The molecule has 6 heteroatoms. The van der Waals surface area contributed by atoms with Crippen molar-refractivity contribution in [1.82, 2.24) is 15.1 Å². The number of H-pyrrole nitrogens is 1. The van der Waals surface area contributed by atoms with Crippen LogP contribution in [-0.2, 0) is 21.4 Å². The first-order valence-corrected chi connectivity index (χ1v) is 9.20. The second kappa shape index (κ2) is 6.27. The van der Waals surface area contributed by atoms with Crippen molar-refractivity contribution in [3.63, 3.8) is 0 Å². The molecule has 0 radical (unpaired) electrons. The van der Waals surface area contributed by atoms with Gasteiger partial charge in [-0.15, -0.1) is 0 Å². The highest BCUT2D eigenvalue weighted by Crippen LogP contribution is 2.44. The van der Waals surface area contributed by atoms with Gasteiger partial charge in [0.15, 0.2) is 0 Å². The highest BCUT2D eigenvalue weighted by atomic mass is 16.2. The van der Waals surface area contributed by atoms with Gasteiger partial charge in [-0.25, -0.2) is 0 Å². The van der Waals surface area contributed by atoms with Crippen LogP contribution in [0.4, 0.5) is 5.69 Å². The number of hydrogen-bond donors (Lipinski definition) is 2. The number of piperidine rings is 1. The highest BCUT2D eigenvalue weighted by Gasteiger charge is 2.48. The molecule has 0 aliphatic carbocycles. The molecule has 26 heavy (non-hydrogen) atoms. The molecule has 4 rings (SSSR count). The van der Waals surface area contributed by atoms with Crippen LogP contribution in [0.1, 0.15) is 41.8 Å². The molecule has 3 heterocycles. The number of hydrogen-bond acceptors (Lipinski definition) is 3. The summed E-state index contributed by atoms with van der Waals surface area (Å²) in [6.45, 7) is 5.26. The highest BCUT2D eigenvalue weighted by molar-refractivity contribution is 6.06. The van der Waals surface area contributed by atoms with Crippen molar-refractivity contribution in [3.05, 3.63) is 46.8 Å². The topological polar surface area (TPSA) is 78.1 Å². The lowest BCUT2D eigenvalue weighted by Crippen LogP contribution is -2.48. The molecule has 1 spiro atoms. The van der Waals surface area contributed by atoms with Crippen molar-refractivity contribution in [3.8, 4) is 0 Å². The Balaban J connectivity index is 1.40. The Hall–Kier alpha value is -2.63. The van der Waals surface area contributed by atoms with Gasteiger partial charge < -0.3 is 10.2 Å². The second-order valence-corrected chi connectivity index (χ2v) is 7.38. The third-order valence-electron chi connectivity index (χ3n) is 6.02. The number of para-hydroxylation sites is 1. The zero-order valence-electron chi connectivity index (χ0n) is 15.3. The van der Waals surface area contributed by atoms with Crippen LogP contribution in [0.15, 0.2) is 24.3 Å². The standard InChI is InChI=1S/C20H24N4O2/c1-13-14(2)22-23-16(13)7-8-18(25)24-11-9-20(10-12-24)15-5-3-4-6-17(15)21-19(20)26/h3-6H,7-12H2,1-2H3,(H,21,26)(H,22,23). The fraction of sp³-hybridized carbons (Fsp3) is 0.450. The molecule has 0 bridgehead atoms. The van der Waals surface area contributed by atoms with Crippen molar-refractivity contribution in [2.45, 2.75) is 44.9 Å². The summed E-state index contributed by atoms with van der Waals surface area (Å²) in [5.74, 6) is 0.222. The average molecular weight is 352 g/mol. The van der Waals surface area contributed by atoms with Gasteiger partial charge in [0, 0.05) is 37.3 Å². The number of rotatable bonds is 3. The monoisotopic (exact) mass is 352 g/mol. The molecule has 2 amide bonds. The Kier molecular flexibility index (Phi) is 4.05. The van der Waals surface area contributed by atoms with Crippen molar-refractivity contribution in [2.24, 2.45) is 0 Å². The van der Waals surface area contributed by atoms with E-state index < -0.39 is 5.41 Å². The Labute approximate surface area is 153 Å². The Morgan fingerprint density at radius 3 is 2.65 bits per heavy atom. The van der Waals surface area contributed by atoms with E-state index in [1.807, 2.05) is 43.0 Å². The molecular weight excluding hydrogens is 328 g/mol.